The molecule has 6 heteroatoms. The average Bonchev–Trinajstić information content (AvgIpc) is 3.10. The van der Waals surface area contributed by atoms with Crippen LogP contribution in [0, 0.1) is 0 Å². The van der Waals surface area contributed by atoms with Crippen molar-refractivity contribution in [3.05, 3.63) is 78.4 Å². The molecule has 0 amide bonds. The third-order valence-electron chi connectivity index (χ3n) is 3.29. The van der Waals surface area contributed by atoms with E-state index in [1.165, 1.54) is 0 Å². The average molecular weight is 295 g/mol. The molecule has 0 aliphatic heterocycles. The number of aliphatic hydroxyl groups is 1. The summed E-state index contributed by atoms with van der Waals surface area (Å²) in [6.45, 7) is 0.999. The lowest BCUT2D eigenvalue weighted by molar-refractivity contribution is -0.0180. The van der Waals surface area contributed by atoms with Crippen LogP contribution in [0.3, 0.4) is 0 Å². The molecule has 0 spiro atoms. The molecular weight excluding hydrogens is 278 g/mol. The maximum atomic E-state index is 10.6. The molecule has 0 saturated carbocycles. The summed E-state index contributed by atoms with van der Waals surface area (Å²) in [4.78, 5) is 17.6. The van der Waals surface area contributed by atoms with Crippen LogP contribution in [0.2, 0.25) is 0 Å². The van der Waals surface area contributed by atoms with Crippen molar-refractivity contribution >= 4 is 0 Å². The first kappa shape index (κ1) is 14.4. The van der Waals surface area contributed by atoms with Crippen molar-refractivity contribution in [2.24, 2.45) is 0 Å². The molecule has 112 valence electrons. The van der Waals surface area contributed by atoms with Crippen LogP contribution >= 0.6 is 0 Å². The lowest BCUT2D eigenvalue weighted by Gasteiger charge is -2.25. The van der Waals surface area contributed by atoms with E-state index in [4.69, 9.17) is 0 Å². The van der Waals surface area contributed by atoms with Gasteiger partial charge in [-0.25, -0.2) is 4.98 Å². The van der Waals surface area contributed by atoms with Crippen molar-refractivity contribution < 1.29 is 5.11 Å². The SMILES string of the molecule is OC(c1ncc[nH]1)N(Cc1ccccn1)Cc1ccccn1. The quantitative estimate of drug-likeness (QED) is 0.679. The first-order valence-corrected chi connectivity index (χ1v) is 7.04. The fourth-order valence-electron chi connectivity index (χ4n) is 2.22. The number of imidazole rings is 1. The van der Waals surface area contributed by atoms with Crippen LogP contribution in [-0.4, -0.2) is 29.9 Å². The third kappa shape index (κ3) is 3.55. The zero-order chi connectivity index (χ0) is 15.2. The lowest BCUT2D eigenvalue weighted by atomic mass is 10.2. The standard InChI is InChI=1S/C16H17N5O/c22-16(15-19-9-10-20-15)21(11-13-5-1-3-7-17-13)12-14-6-2-4-8-18-14/h1-10,16,22H,11-12H2,(H,19,20). The molecule has 0 fully saturated rings. The predicted molar refractivity (Wildman–Crippen MR) is 81.3 cm³/mol. The van der Waals surface area contributed by atoms with Gasteiger partial charge in [-0.1, -0.05) is 12.1 Å². The van der Waals surface area contributed by atoms with Crippen molar-refractivity contribution in [1.82, 2.24) is 24.8 Å². The molecule has 3 aromatic rings. The van der Waals surface area contributed by atoms with Crippen LogP contribution in [0.25, 0.3) is 0 Å². The number of hydrogen-bond acceptors (Lipinski definition) is 5. The van der Waals surface area contributed by atoms with E-state index < -0.39 is 6.23 Å². The zero-order valence-electron chi connectivity index (χ0n) is 12.0. The first-order chi connectivity index (χ1) is 10.8. The molecule has 3 aromatic heterocycles. The number of rotatable bonds is 6. The number of nitrogens with zero attached hydrogens (tertiary/aromatic N) is 4. The second-order valence-electron chi connectivity index (χ2n) is 4.90. The molecule has 2 N–H and O–H groups in total. The Bertz CT molecular complexity index is 631. The number of aliphatic hydroxyl groups excluding tert-OH is 1. The van der Waals surface area contributed by atoms with Crippen molar-refractivity contribution in [2.45, 2.75) is 19.3 Å². The Kier molecular flexibility index (Phi) is 4.53. The molecule has 0 saturated heterocycles. The third-order valence-corrected chi connectivity index (χ3v) is 3.29. The number of aromatic nitrogens is 4. The van der Waals surface area contributed by atoms with Gasteiger partial charge in [0.25, 0.3) is 0 Å². The number of pyridine rings is 2. The lowest BCUT2D eigenvalue weighted by Crippen LogP contribution is -2.29. The topological polar surface area (TPSA) is 77.9 Å². The molecule has 0 aromatic carbocycles. The van der Waals surface area contributed by atoms with Gasteiger partial charge in [-0.15, -0.1) is 0 Å². The highest BCUT2D eigenvalue weighted by Crippen LogP contribution is 2.19. The summed E-state index contributed by atoms with van der Waals surface area (Å²) in [5.74, 6) is 0.506. The van der Waals surface area contributed by atoms with E-state index in [9.17, 15) is 5.11 Å². The highest BCUT2D eigenvalue weighted by atomic mass is 16.3. The van der Waals surface area contributed by atoms with Gasteiger partial charge in [0.05, 0.1) is 11.4 Å². The van der Waals surface area contributed by atoms with Crippen LogP contribution in [0.5, 0.6) is 0 Å². The summed E-state index contributed by atoms with van der Waals surface area (Å²) in [5.41, 5.74) is 1.76. The van der Waals surface area contributed by atoms with Crippen LogP contribution in [0.4, 0.5) is 0 Å². The van der Waals surface area contributed by atoms with Crippen molar-refractivity contribution in [2.75, 3.05) is 0 Å². The van der Waals surface area contributed by atoms with Gasteiger partial charge in [0.2, 0.25) is 0 Å². The molecule has 3 rings (SSSR count). The van der Waals surface area contributed by atoms with Crippen LogP contribution in [0.15, 0.2) is 61.2 Å². The molecule has 0 aliphatic rings. The summed E-state index contributed by atoms with van der Waals surface area (Å²) in [5, 5.41) is 10.6. The summed E-state index contributed by atoms with van der Waals surface area (Å²) >= 11 is 0. The van der Waals surface area contributed by atoms with Gasteiger partial charge >= 0.3 is 0 Å². The number of aromatic amines is 1. The molecule has 0 bridgehead atoms. The largest absolute Gasteiger partial charge is 0.371 e. The normalized spacial score (nSPS) is 12.5. The summed E-state index contributed by atoms with van der Waals surface area (Å²) in [6.07, 6.45) is 5.96. The minimum Gasteiger partial charge on any atom is -0.371 e. The van der Waals surface area contributed by atoms with E-state index in [1.807, 2.05) is 41.3 Å². The van der Waals surface area contributed by atoms with Crippen LogP contribution < -0.4 is 0 Å². The molecule has 0 aliphatic carbocycles. The van der Waals surface area contributed by atoms with E-state index in [-0.39, 0.29) is 0 Å². The Morgan fingerprint density at radius 2 is 1.55 bits per heavy atom. The summed E-state index contributed by atoms with van der Waals surface area (Å²) in [6, 6.07) is 11.5. The van der Waals surface area contributed by atoms with Crippen LogP contribution in [0.1, 0.15) is 23.4 Å². The van der Waals surface area contributed by atoms with Crippen LogP contribution in [-0.2, 0) is 13.1 Å². The number of H-pyrrole nitrogens is 1. The first-order valence-electron chi connectivity index (χ1n) is 7.04. The maximum absolute atomic E-state index is 10.6. The highest BCUT2D eigenvalue weighted by Gasteiger charge is 2.21. The van der Waals surface area contributed by atoms with Gasteiger partial charge in [-0.3, -0.25) is 14.9 Å². The van der Waals surface area contributed by atoms with E-state index in [0.717, 1.165) is 11.4 Å². The second-order valence-corrected chi connectivity index (χ2v) is 4.90. The predicted octanol–water partition coefficient (Wildman–Crippen LogP) is 1.89. The van der Waals surface area contributed by atoms with E-state index in [1.54, 1.807) is 24.8 Å². The molecule has 1 unspecified atom stereocenters. The van der Waals surface area contributed by atoms with Gasteiger partial charge in [-0.05, 0) is 24.3 Å². The van der Waals surface area contributed by atoms with Gasteiger partial charge in [-0.2, -0.15) is 0 Å². The zero-order valence-corrected chi connectivity index (χ0v) is 12.0. The molecule has 22 heavy (non-hydrogen) atoms. The van der Waals surface area contributed by atoms with Gasteiger partial charge in [0, 0.05) is 37.9 Å². The smallest absolute Gasteiger partial charge is 0.167 e. The highest BCUT2D eigenvalue weighted by molar-refractivity contribution is 5.07. The molecule has 1 atom stereocenters. The summed E-state index contributed by atoms with van der Waals surface area (Å²) < 4.78 is 0. The van der Waals surface area contributed by atoms with E-state index >= 15 is 0 Å². The summed E-state index contributed by atoms with van der Waals surface area (Å²) in [7, 11) is 0. The molecule has 6 nitrogen and oxygen atoms in total. The molecule has 0 radical (unpaired) electrons. The molecule has 3 heterocycles. The monoisotopic (exact) mass is 295 g/mol. The van der Waals surface area contributed by atoms with Gasteiger partial charge in [0.1, 0.15) is 5.82 Å². The second kappa shape index (κ2) is 6.93. The Morgan fingerprint density at radius 3 is 2.00 bits per heavy atom. The van der Waals surface area contributed by atoms with E-state index in [2.05, 4.69) is 19.9 Å². The van der Waals surface area contributed by atoms with E-state index in [0.29, 0.717) is 18.9 Å². The van der Waals surface area contributed by atoms with Crippen molar-refractivity contribution in [3.8, 4) is 0 Å². The number of hydrogen-bond donors (Lipinski definition) is 2. The van der Waals surface area contributed by atoms with Gasteiger partial charge < -0.3 is 10.1 Å². The van der Waals surface area contributed by atoms with Crippen molar-refractivity contribution in [1.29, 1.82) is 0 Å². The Labute approximate surface area is 128 Å². The minimum atomic E-state index is -0.848. The Hall–Kier alpha value is -2.57. The van der Waals surface area contributed by atoms with Gasteiger partial charge in [0.15, 0.2) is 6.23 Å². The fraction of sp³-hybridized carbons (Fsp3) is 0.188. The Morgan fingerprint density at radius 1 is 0.909 bits per heavy atom. The minimum absolute atomic E-state index is 0.499. The molecular formula is C16H17N5O. The maximum Gasteiger partial charge on any atom is 0.167 e. The number of nitrogens with one attached hydrogen (secondary N) is 1. The fourth-order valence-corrected chi connectivity index (χ4v) is 2.22. The van der Waals surface area contributed by atoms with Crippen molar-refractivity contribution in [3.63, 3.8) is 0 Å². The Balaban J connectivity index is 1.81.